The third-order valence-electron chi connectivity index (χ3n) is 3.45. The summed E-state index contributed by atoms with van der Waals surface area (Å²) in [5.41, 5.74) is 6.96. The van der Waals surface area contributed by atoms with Crippen molar-refractivity contribution in [3.05, 3.63) is 21.9 Å². The van der Waals surface area contributed by atoms with E-state index in [0.29, 0.717) is 6.54 Å². The normalized spacial score (nSPS) is 18.8. The molecular weight excluding hydrogens is 312 g/mol. The number of rotatable bonds is 6. The molecule has 1 aromatic heterocycles. The van der Waals surface area contributed by atoms with Gasteiger partial charge < -0.3 is 11.1 Å². The highest BCUT2D eigenvalue weighted by molar-refractivity contribution is 8.00. The van der Waals surface area contributed by atoms with Crippen LogP contribution in [0.25, 0.3) is 0 Å². The van der Waals surface area contributed by atoms with E-state index < -0.39 is 0 Å². The molecule has 0 aliphatic carbocycles. The lowest BCUT2D eigenvalue weighted by atomic mass is 10.1. The van der Waals surface area contributed by atoms with Crippen LogP contribution >= 0.6 is 35.5 Å². The molecule has 2 heterocycles. The van der Waals surface area contributed by atoms with Gasteiger partial charge in [-0.25, -0.2) is 0 Å². The number of hydrogen-bond donors (Lipinski definition) is 2. The van der Waals surface area contributed by atoms with Crippen LogP contribution in [0.3, 0.4) is 0 Å². The van der Waals surface area contributed by atoms with Crippen LogP contribution in [0, 0.1) is 0 Å². The number of amides is 1. The summed E-state index contributed by atoms with van der Waals surface area (Å²) in [6.45, 7) is 2.68. The number of hydrogen-bond acceptors (Lipinski definition) is 4. The van der Waals surface area contributed by atoms with E-state index in [1.807, 2.05) is 0 Å². The summed E-state index contributed by atoms with van der Waals surface area (Å²) in [4.78, 5) is 13.8. The highest BCUT2D eigenvalue weighted by atomic mass is 35.5. The Bertz CT molecular complexity index is 425. The van der Waals surface area contributed by atoms with Crippen LogP contribution in [0.2, 0.25) is 0 Å². The summed E-state index contributed by atoms with van der Waals surface area (Å²) in [7, 11) is 0. The molecule has 0 aromatic carbocycles. The second-order valence-corrected chi connectivity index (χ2v) is 7.10. The van der Waals surface area contributed by atoms with Gasteiger partial charge in [-0.3, -0.25) is 4.79 Å². The zero-order valence-corrected chi connectivity index (χ0v) is 14.2. The van der Waals surface area contributed by atoms with E-state index >= 15 is 0 Å². The van der Waals surface area contributed by atoms with Gasteiger partial charge in [0.25, 0.3) is 0 Å². The number of thiophene rings is 1. The van der Waals surface area contributed by atoms with E-state index in [-0.39, 0.29) is 29.6 Å². The standard InChI is InChI=1S/C14H22N2OS2.ClH/c1-2-3-4-10(9-15)16-14(17)13-11-5-7-18-12(11)6-8-19-13;/h5,7,10,13H,2-4,6,8-9,15H2,1H3,(H,16,17);1H. The van der Waals surface area contributed by atoms with Crippen LogP contribution in [-0.2, 0) is 11.2 Å². The van der Waals surface area contributed by atoms with Gasteiger partial charge >= 0.3 is 0 Å². The quantitative estimate of drug-likeness (QED) is 0.840. The summed E-state index contributed by atoms with van der Waals surface area (Å²) in [6, 6.07) is 2.22. The predicted octanol–water partition coefficient (Wildman–Crippen LogP) is 3.13. The zero-order valence-electron chi connectivity index (χ0n) is 11.8. The monoisotopic (exact) mass is 334 g/mol. The number of carbonyl (C=O) groups excluding carboxylic acids is 1. The first kappa shape index (κ1) is 17.8. The number of carbonyl (C=O) groups is 1. The molecule has 1 amide bonds. The van der Waals surface area contributed by atoms with Gasteiger partial charge in [-0.15, -0.1) is 35.5 Å². The minimum atomic E-state index is -0.0364. The van der Waals surface area contributed by atoms with Gasteiger partial charge in [-0.2, -0.15) is 0 Å². The van der Waals surface area contributed by atoms with Crippen molar-refractivity contribution < 1.29 is 4.79 Å². The van der Waals surface area contributed by atoms with E-state index in [0.717, 1.165) is 31.4 Å². The number of thioether (sulfide) groups is 1. The second-order valence-electron chi connectivity index (χ2n) is 4.88. The predicted molar refractivity (Wildman–Crippen MR) is 91.0 cm³/mol. The fourth-order valence-electron chi connectivity index (χ4n) is 2.34. The Morgan fingerprint density at radius 1 is 1.60 bits per heavy atom. The van der Waals surface area contributed by atoms with Crippen molar-refractivity contribution in [1.29, 1.82) is 0 Å². The van der Waals surface area contributed by atoms with Crippen molar-refractivity contribution in [3.63, 3.8) is 0 Å². The molecule has 3 nitrogen and oxygen atoms in total. The van der Waals surface area contributed by atoms with Crippen LogP contribution in [0.1, 0.15) is 41.9 Å². The number of unbranched alkanes of at least 4 members (excludes halogenated alkanes) is 1. The van der Waals surface area contributed by atoms with E-state index in [4.69, 9.17) is 5.73 Å². The van der Waals surface area contributed by atoms with Crippen molar-refractivity contribution >= 4 is 41.4 Å². The van der Waals surface area contributed by atoms with Crippen LogP contribution in [-0.4, -0.2) is 24.2 Å². The van der Waals surface area contributed by atoms with Gasteiger partial charge in [0.15, 0.2) is 0 Å². The highest BCUT2D eigenvalue weighted by Crippen LogP contribution is 2.39. The van der Waals surface area contributed by atoms with Crippen molar-refractivity contribution in [1.82, 2.24) is 5.32 Å². The molecule has 0 spiro atoms. The number of fused-ring (bicyclic) bond motifs is 1. The summed E-state index contributed by atoms with van der Waals surface area (Å²) in [5, 5.41) is 5.18. The fraction of sp³-hybridized carbons (Fsp3) is 0.643. The first-order valence-corrected chi connectivity index (χ1v) is 8.87. The molecular formula is C14H23ClN2OS2. The number of nitrogens with one attached hydrogen (secondary N) is 1. The lowest BCUT2D eigenvalue weighted by Gasteiger charge is -2.24. The molecule has 20 heavy (non-hydrogen) atoms. The van der Waals surface area contributed by atoms with Gasteiger partial charge in [-0.1, -0.05) is 19.8 Å². The van der Waals surface area contributed by atoms with Crippen molar-refractivity contribution in [2.24, 2.45) is 5.73 Å². The molecule has 0 saturated carbocycles. The van der Waals surface area contributed by atoms with Gasteiger partial charge in [-0.05, 0) is 35.6 Å². The Labute approximate surface area is 135 Å². The average molecular weight is 335 g/mol. The van der Waals surface area contributed by atoms with Gasteiger partial charge in [0.1, 0.15) is 5.25 Å². The Kier molecular flexibility index (Phi) is 7.95. The minimum absolute atomic E-state index is 0. The summed E-state index contributed by atoms with van der Waals surface area (Å²) in [5.74, 6) is 1.17. The van der Waals surface area contributed by atoms with Crippen LogP contribution in [0.15, 0.2) is 11.4 Å². The lowest BCUT2D eigenvalue weighted by Crippen LogP contribution is -2.42. The topological polar surface area (TPSA) is 55.1 Å². The number of halogens is 1. The van der Waals surface area contributed by atoms with Gasteiger partial charge in [0.05, 0.1) is 0 Å². The maximum atomic E-state index is 12.4. The third kappa shape index (κ3) is 4.38. The molecule has 1 aliphatic rings. The second kappa shape index (κ2) is 8.93. The van der Waals surface area contributed by atoms with Crippen molar-refractivity contribution in [3.8, 4) is 0 Å². The Morgan fingerprint density at radius 2 is 2.40 bits per heavy atom. The van der Waals surface area contributed by atoms with Crippen molar-refractivity contribution in [2.45, 2.75) is 43.9 Å². The smallest absolute Gasteiger partial charge is 0.237 e. The first-order valence-electron chi connectivity index (χ1n) is 6.94. The molecule has 6 heteroatoms. The van der Waals surface area contributed by atoms with Crippen molar-refractivity contribution in [2.75, 3.05) is 12.3 Å². The number of aryl methyl sites for hydroxylation is 1. The minimum Gasteiger partial charge on any atom is -0.351 e. The SMILES string of the molecule is CCCCC(CN)NC(=O)C1SCCc2sccc21.Cl. The molecule has 1 aromatic rings. The molecule has 0 radical (unpaired) electrons. The van der Waals surface area contributed by atoms with E-state index in [1.165, 1.54) is 10.4 Å². The maximum Gasteiger partial charge on any atom is 0.237 e. The Balaban J connectivity index is 0.00000200. The Hall–Kier alpha value is -0.230. The van der Waals surface area contributed by atoms with E-state index in [9.17, 15) is 4.79 Å². The largest absolute Gasteiger partial charge is 0.351 e. The molecule has 114 valence electrons. The molecule has 2 rings (SSSR count). The molecule has 1 aliphatic heterocycles. The van der Waals surface area contributed by atoms with Gasteiger partial charge in [0.2, 0.25) is 5.91 Å². The lowest BCUT2D eigenvalue weighted by molar-refractivity contribution is -0.121. The summed E-state index contributed by atoms with van der Waals surface area (Å²) >= 11 is 3.52. The highest BCUT2D eigenvalue weighted by Gasteiger charge is 2.28. The molecule has 0 fully saturated rings. The zero-order chi connectivity index (χ0) is 13.7. The Morgan fingerprint density at radius 3 is 3.10 bits per heavy atom. The summed E-state index contributed by atoms with van der Waals surface area (Å²) in [6.07, 6.45) is 4.33. The molecule has 2 unspecified atom stereocenters. The van der Waals surface area contributed by atoms with Crippen LogP contribution in [0.4, 0.5) is 0 Å². The fourth-order valence-corrected chi connectivity index (χ4v) is 4.64. The van der Waals surface area contributed by atoms with Crippen LogP contribution < -0.4 is 11.1 Å². The van der Waals surface area contributed by atoms with E-state index in [1.54, 1.807) is 23.1 Å². The molecule has 0 bridgehead atoms. The van der Waals surface area contributed by atoms with E-state index in [2.05, 4.69) is 23.7 Å². The maximum absolute atomic E-state index is 12.4. The third-order valence-corrected chi connectivity index (χ3v) is 5.69. The average Bonchev–Trinajstić information content (AvgIpc) is 2.91. The molecule has 3 N–H and O–H groups in total. The summed E-state index contributed by atoms with van der Waals surface area (Å²) < 4.78 is 0. The van der Waals surface area contributed by atoms with Gasteiger partial charge in [0, 0.05) is 17.5 Å². The molecule has 2 atom stereocenters. The molecule has 0 saturated heterocycles. The first-order chi connectivity index (χ1) is 9.26. The number of nitrogens with two attached hydrogens (primary N) is 1. The van der Waals surface area contributed by atoms with Crippen LogP contribution in [0.5, 0.6) is 0 Å².